The van der Waals surface area contributed by atoms with Gasteiger partial charge in [-0.3, -0.25) is 39.9 Å². The van der Waals surface area contributed by atoms with Crippen LogP contribution in [0.5, 0.6) is 0 Å². The van der Waals surface area contributed by atoms with Crippen LogP contribution in [0.2, 0.25) is 0 Å². The van der Waals surface area contributed by atoms with Crippen molar-refractivity contribution in [3.63, 3.8) is 0 Å². The van der Waals surface area contributed by atoms with Gasteiger partial charge in [0.2, 0.25) is 0 Å². The van der Waals surface area contributed by atoms with Gasteiger partial charge in [-0.1, -0.05) is 60.7 Å². The van der Waals surface area contributed by atoms with Gasteiger partial charge in [-0.15, -0.1) is 0 Å². The Bertz CT molecular complexity index is 4070. The first-order chi connectivity index (χ1) is 48.2. The molecule has 0 radical (unpaired) electrons. The van der Waals surface area contributed by atoms with Crippen molar-refractivity contribution in [2.75, 3.05) is 0 Å². The van der Waals surface area contributed by atoms with Gasteiger partial charge < -0.3 is 0 Å². The monoisotopic (exact) mass is 1800 g/mol. The standard InChI is InChI=1S/C24H16N6.2C15H11N3.4C2H3N.4F6P.2Ru/c1-5-13-25-17(9-1)21-22(18-10-2-6-14-26-18)30-24(20-12-4-8-16-28-20)23(29-21)19-11-3-7-15-27-19;2*1-3-10-16-12(6-1)14-8-5-9-15(18-14)13-7-2-4-11-17-13;4*1-2-3;4*1-7(2,3,4,5)6;;/h1-16H;2*1-11H;4*1H3;;;;;;/q;;;;;;;4*-1;2*+2. The molecule has 0 aliphatic heterocycles. The van der Waals surface area contributed by atoms with E-state index in [0.29, 0.717) is 22.8 Å². The first kappa shape index (κ1) is 99.9. The SMILES string of the molecule is CC#N.CC#N.CC#N.CC#N.F[P-](F)(F)(F)(F)F.F[P-](F)(F)(F)(F)F.F[P-](F)(F)(F)(F)F.F[P-](F)(F)(F)(F)F.[Ru+2].[Ru+2].c1ccc(-c2cccc(-c3ccccn3)n2)nc1.c1ccc(-c2cccc(-c3ccccn3)n2)nc1.c1ccc(-c2nc(-c3ccccn3)c(-c3ccccn3)nc2-c2ccccn2)nc1. The molecule has 0 N–H and O–H groups in total. The molecule has 0 aromatic carbocycles. The van der Waals surface area contributed by atoms with Gasteiger partial charge in [0.15, 0.2) is 0 Å². The quantitative estimate of drug-likeness (QED) is 0.0779. The Morgan fingerprint density at radius 2 is 0.306 bits per heavy atom. The van der Waals surface area contributed by atoms with Gasteiger partial charge in [0.25, 0.3) is 0 Å². The molecule has 0 atom stereocenters. The van der Waals surface area contributed by atoms with Crippen LogP contribution in [-0.2, 0) is 39.0 Å². The number of halogens is 24. The summed E-state index contributed by atoms with van der Waals surface area (Å²) in [4.78, 5) is 54.4. The normalized spacial score (nSPS) is 12.7. The molecular weight excluding hydrogens is 1750 g/mol. The largest absolute Gasteiger partial charge is 2.00 e. The van der Waals surface area contributed by atoms with E-state index in [-0.39, 0.29) is 39.0 Å². The summed E-state index contributed by atoms with van der Waals surface area (Å²) in [5.74, 6) is 0. The number of nitriles is 4. The summed E-state index contributed by atoms with van der Waals surface area (Å²) in [6.45, 7) is 5.72. The molecule has 0 aliphatic rings. The van der Waals surface area contributed by atoms with Crippen LogP contribution in [0.15, 0.2) is 232 Å². The minimum absolute atomic E-state index is 0. The number of pyridine rings is 10. The van der Waals surface area contributed by atoms with Gasteiger partial charge in [-0.2, -0.15) is 21.0 Å². The Morgan fingerprint density at radius 1 is 0.194 bits per heavy atom. The molecule has 0 spiro atoms. The molecule has 0 saturated carbocycles. The van der Waals surface area contributed by atoms with E-state index < -0.39 is 31.2 Å². The van der Waals surface area contributed by atoms with E-state index in [9.17, 15) is 101 Å². The second-order valence-corrected chi connectivity index (χ2v) is 26.5. The zero-order chi connectivity index (χ0) is 81.1. The van der Waals surface area contributed by atoms with Gasteiger partial charge >= 0.3 is 171 Å². The topological polar surface area (TPSA) is 250 Å². The van der Waals surface area contributed by atoms with Crippen molar-refractivity contribution >= 4 is 31.2 Å². The molecule has 0 fully saturated rings. The van der Waals surface area contributed by atoms with Crippen molar-refractivity contribution in [1.82, 2.24) is 59.8 Å². The zero-order valence-electron chi connectivity index (χ0n) is 54.7. The maximum Gasteiger partial charge on any atom is 2.00 e. The number of rotatable bonds is 8. The maximum absolute atomic E-state index is 10.7. The molecule has 0 saturated heterocycles. The van der Waals surface area contributed by atoms with Crippen LogP contribution in [0.4, 0.5) is 101 Å². The van der Waals surface area contributed by atoms with Crippen LogP contribution in [0, 0.1) is 45.3 Å². The first-order valence-electron chi connectivity index (χ1n) is 27.9. The molecule has 11 rings (SSSR count). The van der Waals surface area contributed by atoms with Crippen molar-refractivity contribution < 1.29 is 140 Å². The third-order valence-corrected chi connectivity index (χ3v) is 9.73. The molecule has 0 aliphatic carbocycles. The predicted octanol–water partition coefficient (Wildman–Crippen LogP) is 26.8. The summed E-state index contributed by atoms with van der Waals surface area (Å²) in [5, 5.41) is 29.3. The number of nitrogens with zero attached hydrogens (tertiary/aromatic N) is 16. The smallest absolute Gasteiger partial charge is 0.255 e. The van der Waals surface area contributed by atoms with Gasteiger partial charge in [-0.25, -0.2) is 19.9 Å². The fraction of sp³-hybridized carbons (Fsp3) is 0.0645. The van der Waals surface area contributed by atoms with Gasteiger partial charge in [0, 0.05) is 77.3 Å². The fourth-order valence-corrected chi connectivity index (χ4v) is 6.66. The summed E-state index contributed by atoms with van der Waals surface area (Å²) in [6, 6.07) is 64.8. The molecule has 11 aromatic rings. The molecule has 108 heavy (non-hydrogen) atoms. The van der Waals surface area contributed by atoms with Crippen LogP contribution in [-0.4, -0.2) is 59.8 Å². The number of hydrogen-bond acceptors (Lipinski definition) is 16. The fourth-order valence-electron chi connectivity index (χ4n) is 6.66. The molecule has 11 aromatic heterocycles. The van der Waals surface area contributed by atoms with E-state index in [2.05, 4.69) is 49.8 Å². The van der Waals surface area contributed by atoms with Crippen molar-refractivity contribution in [3.05, 3.63) is 232 Å². The average Bonchev–Trinajstić information content (AvgIpc) is 0.769. The summed E-state index contributed by atoms with van der Waals surface area (Å²) < 4.78 is 237. The van der Waals surface area contributed by atoms with Crippen molar-refractivity contribution in [2.45, 2.75) is 27.7 Å². The zero-order valence-corrected chi connectivity index (χ0v) is 61.7. The minimum Gasteiger partial charge on any atom is -0.255 e. The van der Waals surface area contributed by atoms with E-state index >= 15 is 0 Å². The van der Waals surface area contributed by atoms with Crippen LogP contribution >= 0.6 is 31.2 Å². The Hall–Kier alpha value is -10.2. The van der Waals surface area contributed by atoms with Gasteiger partial charge in [0.1, 0.15) is 22.8 Å². The summed E-state index contributed by atoms with van der Waals surface area (Å²) in [6.07, 6.45) is 14.0. The molecule has 11 heterocycles. The van der Waals surface area contributed by atoms with Crippen molar-refractivity contribution in [3.8, 4) is 115 Å². The van der Waals surface area contributed by atoms with Crippen LogP contribution in [0.1, 0.15) is 27.7 Å². The molecule has 0 unspecified atom stereocenters. The second kappa shape index (κ2) is 38.6. The van der Waals surface area contributed by atoms with E-state index in [1.54, 1.807) is 73.9 Å². The van der Waals surface area contributed by atoms with E-state index in [1.807, 2.05) is 182 Å². The number of aromatic nitrogens is 12. The van der Waals surface area contributed by atoms with Gasteiger partial charge in [0.05, 0.1) is 92.6 Å². The summed E-state index contributed by atoms with van der Waals surface area (Å²) in [5.41, 5.74) is 12.4. The average molecular weight is 1800 g/mol. The van der Waals surface area contributed by atoms with Crippen molar-refractivity contribution in [1.29, 1.82) is 21.0 Å². The van der Waals surface area contributed by atoms with Crippen LogP contribution in [0.3, 0.4) is 0 Å². The molecule has 0 bridgehead atoms. The predicted molar refractivity (Wildman–Crippen MR) is 356 cm³/mol. The van der Waals surface area contributed by atoms with Crippen molar-refractivity contribution in [2.24, 2.45) is 0 Å². The Balaban J connectivity index is 0. The summed E-state index contributed by atoms with van der Waals surface area (Å²) in [7, 11) is -42.6. The van der Waals surface area contributed by atoms with E-state index in [1.165, 1.54) is 27.7 Å². The minimum atomic E-state index is -10.7. The molecule has 16 nitrogen and oxygen atoms in total. The first-order valence-corrected chi connectivity index (χ1v) is 36.0. The summed E-state index contributed by atoms with van der Waals surface area (Å²) >= 11 is 0. The van der Waals surface area contributed by atoms with Gasteiger partial charge in [-0.05, 0) is 121 Å². The van der Waals surface area contributed by atoms with Crippen LogP contribution in [0.25, 0.3) is 91.1 Å². The molecular formula is C62H50F24N16P4Ru2. The Kier molecular flexibility index (Phi) is 35.7. The van der Waals surface area contributed by atoms with Crippen LogP contribution < -0.4 is 0 Å². The molecule has 0 amide bonds. The Morgan fingerprint density at radius 3 is 0.417 bits per heavy atom. The van der Waals surface area contributed by atoms with E-state index in [4.69, 9.17) is 31.0 Å². The third kappa shape index (κ3) is 58.1. The molecule has 46 heteroatoms. The second-order valence-electron chi connectivity index (χ2n) is 18.9. The number of hydrogen-bond donors (Lipinski definition) is 0. The maximum atomic E-state index is 9.87. The Labute approximate surface area is 623 Å². The van der Waals surface area contributed by atoms with E-state index in [0.717, 1.165) is 68.3 Å². The molecule has 582 valence electrons. The third-order valence-electron chi connectivity index (χ3n) is 9.73.